The lowest BCUT2D eigenvalue weighted by Crippen LogP contribution is -2.24. The van der Waals surface area contributed by atoms with E-state index in [0.29, 0.717) is 21.7 Å². The number of halogens is 1. The van der Waals surface area contributed by atoms with Crippen LogP contribution in [0.15, 0.2) is 34.1 Å². The van der Waals surface area contributed by atoms with Crippen molar-refractivity contribution in [1.82, 2.24) is 4.90 Å². The van der Waals surface area contributed by atoms with Crippen LogP contribution in [0.2, 0.25) is 0 Å². The van der Waals surface area contributed by atoms with Crippen molar-refractivity contribution in [3.05, 3.63) is 50.1 Å². The van der Waals surface area contributed by atoms with Crippen molar-refractivity contribution < 1.29 is 14.4 Å². The monoisotopic (exact) mass is 364 g/mol. The van der Waals surface area contributed by atoms with Crippen molar-refractivity contribution in [1.29, 1.82) is 0 Å². The summed E-state index contributed by atoms with van der Waals surface area (Å²) >= 11 is 4.62. The number of hydrogen-bond donors (Lipinski definition) is 1. The minimum absolute atomic E-state index is 0.254. The van der Waals surface area contributed by atoms with Gasteiger partial charge in [-0.05, 0) is 46.3 Å². The summed E-state index contributed by atoms with van der Waals surface area (Å²) in [5.74, 6) is -0.934. The van der Waals surface area contributed by atoms with Gasteiger partial charge >= 0.3 is 0 Å². The molecule has 3 rings (SSSR count). The van der Waals surface area contributed by atoms with Crippen LogP contribution in [-0.4, -0.2) is 29.7 Å². The molecule has 0 saturated heterocycles. The van der Waals surface area contributed by atoms with E-state index in [1.54, 1.807) is 24.3 Å². The van der Waals surface area contributed by atoms with Gasteiger partial charge in [-0.1, -0.05) is 0 Å². The number of imide groups is 1. The molecule has 5 nitrogen and oxygen atoms in total. The summed E-state index contributed by atoms with van der Waals surface area (Å²) in [5.41, 5.74) is 1.16. The van der Waals surface area contributed by atoms with Crippen LogP contribution in [0.3, 0.4) is 0 Å². The molecule has 106 valence electrons. The molecule has 1 N–H and O–H groups in total. The Labute approximate surface area is 132 Å². The summed E-state index contributed by atoms with van der Waals surface area (Å²) in [6.07, 6.45) is 0. The van der Waals surface area contributed by atoms with Crippen molar-refractivity contribution in [2.75, 3.05) is 12.4 Å². The van der Waals surface area contributed by atoms with Crippen LogP contribution in [0.5, 0.6) is 0 Å². The van der Waals surface area contributed by atoms with E-state index in [0.717, 1.165) is 8.69 Å². The Morgan fingerprint density at radius 2 is 1.86 bits per heavy atom. The van der Waals surface area contributed by atoms with Crippen LogP contribution < -0.4 is 5.32 Å². The third kappa shape index (κ3) is 2.38. The maximum atomic E-state index is 12.1. The zero-order valence-corrected chi connectivity index (χ0v) is 13.2. The molecule has 0 atom stereocenters. The Morgan fingerprint density at radius 1 is 1.14 bits per heavy atom. The summed E-state index contributed by atoms with van der Waals surface area (Å²) in [6.45, 7) is 0. The highest BCUT2D eigenvalue weighted by Crippen LogP contribution is 2.26. The number of benzene rings is 1. The minimum Gasteiger partial charge on any atom is -0.321 e. The number of nitrogens with zero attached hydrogens (tertiary/aromatic N) is 1. The Hall–Kier alpha value is -1.99. The third-order valence-electron chi connectivity index (χ3n) is 3.14. The quantitative estimate of drug-likeness (QED) is 0.833. The zero-order valence-electron chi connectivity index (χ0n) is 10.8. The molecule has 3 amide bonds. The van der Waals surface area contributed by atoms with E-state index < -0.39 is 0 Å². The first-order valence-corrected chi connectivity index (χ1v) is 7.61. The molecule has 21 heavy (non-hydrogen) atoms. The Morgan fingerprint density at radius 3 is 2.52 bits per heavy atom. The van der Waals surface area contributed by atoms with E-state index in [2.05, 4.69) is 21.2 Å². The highest BCUT2D eigenvalue weighted by molar-refractivity contribution is 9.11. The molecule has 0 radical (unpaired) electrons. The minimum atomic E-state index is -0.357. The van der Waals surface area contributed by atoms with E-state index in [4.69, 9.17) is 0 Å². The van der Waals surface area contributed by atoms with Crippen LogP contribution >= 0.6 is 27.3 Å². The average Bonchev–Trinajstić information content (AvgIpc) is 2.98. The average molecular weight is 365 g/mol. The second-order valence-corrected chi connectivity index (χ2v) is 6.95. The first-order valence-electron chi connectivity index (χ1n) is 6.00. The second-order valence-electron chi connectivity index (χ2n) is 4.49. The van der Waals surface area contributed by atoms with Crippen molar-refractivity contribution in [3.63, 3.8) is 0 Å². The van der Waals surface area contributed by atoms with Crippen LogP contribution in [-0.2, 0) is 0 Å². The predicted molar refractivity (Wildman–Crippen MR) is 82.8 cm³/mol. The van der Waals surface area contributed by atoms with Crippen molar-refractivity contribution in [2.45, 2.75) is 0 Å². The van der Waals surface area contributed by atoms with Gasteiger partial charge in [0, 0.05) is 12.7 Å². The number of nitrogens with one attached hydrogen (secondary N) is 1. The van der Waals surface area contributed by atoms with Gasteiger partial charge in [0.2, 0.25) is 0 Å². The van der Waals surface area contributed by atoms with Gasteiger partial charge in [-0.3, -0.25) is 19.3 Å². The van der Waals surface area contributed by atoms with Crippen molar-refractivity contribution in [2.24, 2.45) is 0 Å². The molecule has 1 aromatic carbocycles. The largest absolute Gasteiger partial charge is 0.321 e. The molecule has 2 heterocycles. The second kappa shape index (κ2) is 5.09. The molecule has 1 aliphatic rings. The summed E-state index contributed by atoms with van der Waals surface area (Å²) in [4.78, 5) is 37.4. The van der Waals surface area contributed by atoms with Gasteiger partial charge in [-0.15, -0.1) is 11.3 Å². The molecule has 2 aromatic rings. The van der Waals surface area contributed by atoms with E-state index in [1.807, 2.05) is 0 Å². The molecular formula is C14H9BrN2O3S. The topological polar surface area (TPSA) is 66.5 Å². The fraction of sp³-hybridized carbons (Fsp3) is 0.0714. The van der Waals surface area contributed by atoms with Crippen molar-refractivity contribution in [3.8, 4) is 0 Å². The van der Waals surface area contributed by atoms with E-state index >= 15 is 0 Å². The number of anilines is 1. The van der Waals surface area contributed by atoms with Gasteiger partial charge in [-0.2, -0.15) is 0 Å². The number of carbonyl (C=O) groups excluding carboxylic acids is 3. The maximum Gasteiger partial charge on any atom is 0.265 e. The summed E-state index contributed by atoms with van der Waals surface area (Å²) in [7, 11) is 1.44. The van der Waals surface area contributed by atoms with Gasteiger partial charge in [0.25, 0.3) is 17.7 Å². The number of thiophene rings is 1. The molecule has 1 aliphatic heterocycles. The van der Waals surface area contributed by atoms with E-state index in [9.17, 15) is 14.4 Å². The summed E-state index contributed by atoms with van der Waals surface area (Å²) in [6, 6.07) is 8.20. The SMILES string of the molecule is CN1C(=O)c2ccc(NC(=O)c3ccc(Br)s3)cc2C1=O. The smallest absolute Gasteiger partial charge is 0.265 e. The van der Waals surface area contributed by atoms with E-state index in [1.165, 1.54) is 24.5 Å². The fourth-order valence-electron chi connectivity index (χ4n) is 2.07. The molecule has 1 aromatic heterocycles. The summed E-state index contributed by atoms with van der Waals surface area (Å²) in [5, 5.41) is 2.72. The standard InChI is InChI=1S/C14H9BrN2O3S/c1-17-13(19)8-3-2-7(6-9(8)14(17)20)16-12(18)10-4-5-11(15)21-10/h2-6H,1H3,(H,16,18). The number of rotatable bonds is 2. The molecule has 7 heteroatoms. The van der Waals surface area contributed by atoms with Gasteiger partial charge in [0.1, 0.15) is 0 Å². The van der Waals surface area contributed by atoms with Gasteiger partial charge in [-0.25, -0.2) is 0 Å². The normalized spacial score (nSPS) is 13.5. The predicted octanol–water partition coefficient (Wildman–Crippen LogP) is 2.99. The number of hydrogen-bond acceptors (Lipinski definition) is 4. The van der Waals surface area contributed by atoms with Gasteiger partial charge in [0.05, 0.1) is 19.8 Å². The zero-order chi connectivity index (χ0) is 15.1. The molecular weight excluding hydrogens is 356 g/mol. The molecule has 0 fully saturated rings. The Balaban J connectivity index is 1.87. The summed E-state index contributed by atoms with van der Waals surface area (Å²) < 4.78 is 0.865. The molecule has 0 bridgehead atoms. The fourth-order valence-corrected chi connectivity index (χ4v) is 3.35. The highest BCUT2D eigenvalue weighted by Gasteiger charge is 2.32. The number of fused-ring (bicyclic) bond motifs is 1. The lowest BCUT2D eigenvalue weighted by molar-refractivity contribution is 0.0692. The molecule has 0 saturated carbocycles. The maximum absolute atomic E-state index is 12.1. The van der Waals surface area contributed by atoms with Crippen LogP contribution in [0.25, 0.3) is 0 Å². The first kappa shape index (κ1) is 14.0. The lowest BCUT2D eigenvalue weighted by Gasteiger charge is -2.04. The number of carbonyl (C=O) groups is 3. The van der Waals surface area contributed by atoms with E-state index in [-0.39, 0.29) is 17.7 Å². The van der Waals surface area contributed by atoms with Crippen LogP contribution in [0.4, 0.5) is 5.69 Å². The van der Waals surface area contributed by atoms with Gasteiger partial charge < -0.3 is 5.32 Å². The number of amides is 3. The van der Waals surface area contributed by atoms with Crippen molar-refractivity contribution >= 4 is 50.7 Å². The molecule has 0 spiro atoms. The molecule has 0 aliphatic carbocycles. The molecule has 0 unspecified atom stereocenters. The third-order valence-corrected chi connectivity index (χ3v) is 4.77. The highest BCUT2D eigenvalue weighted by atomic mass is 79.9. The Kier molecular flexibility index (Phi) is 3.38. The van der Waals surface area contributed by atoms with Crippen LogP contribution in [0.1, 0.15) is 30.4 Å². The van der Waals surface area contributed by atoms with Gasteiger partial charge in [0.15, 0.2) is 0 Å². The van der Waals surface area contributed by atoms with Crippen LogP contribution in [0, 0.1) is 0 Å². The Bertz CT molecular complexity index is 784. The first-order chi connectivity index (χ1) is 9.97. The lowest BCUT2D eigenvalue weighted by atomic mass is 10.1.